The summed E-state index contributed by atoms with van der Waals surface area (Å²) in [6.45, 7) is 3.31. The molecule has 1 amide bonds. The van der Waals surface area contributed by atoms with E-state index in [1.165, 1.54) is 5.57 Å². The molecular weight excluding hydrogens is 170 g/mol. The molecule has 4 nitrogen and oxygen atoms in total. The quantitative estimate of drug-likeness (QED) is 0.646. The van der Waals surface area contributed by atoms with E-state index in [9.17, 15) is 4.79 Å². The van der Waals surface area contributed by atoms with Crippen LogP contribution in [0.1, 0.15) is 13.3 Å². The second-order valence-corrected chi connectivity index (χ2v) is 3.10. The highest BCUT2D eigenvalue weighted by molar-refractivity contribution is 5.68. The number of ether oxygens (including phenoxy) is 1. The van der Waals surface area contributed by atoms with E-state index >= 15 is 0 Å². The van der Waals surface area contributed by atoms with Crippen molar-refractivity contribution >= 4 is 6.09 Å². The number of amides is 1. The van der Waals surface area contributed by atoms with Crippen LogP contribution in [0.2, 0.25) is 0 Å². The molecule has 0 unspecified atom stereocenters. The third-order valence-corrected chi connectivity index (χ3v) is 1.91. The zero-order chi connectivity index (χ0) is 9.68. The predicted molar refractivity (Wildman–Crippen MR) is 48.4 cm³/mol. The van der Waals surface area contributed by atoms with Gasteiger partial charge in [-0.1, -0.05) is 11.6 Å². The molecule has 1 N–H and O–H groups in total. The molecule has 0 spiro atoms. The molecular formula is C9H15NO3. The highest BCUT2D eigenvalue weighted by atomic mass is 16.6. The SMILES string of the molecule is CC1=CCCN(C(=O)OCCO)C1. The minimum atomic E-state index is -0.332. The van der Waals surface area contributed by atoms with Gasteiger partial charge in [0.05, 0.1) is 6.61 Å². The molecule has 0 radical (unpaired) electrons. The van der Waals surface area contributed by atoms with E-state index < -0.39 is 0 Å². The monoisotopic (exact) mass is 185 g/mol. The Bertz CT molecular complexity index is 213. The van der Waals surface area contributed by atoms with Crippen LogP contribution in [0.4, 0.5) is 4.79 Å². The number of hydrogen-bond donors (Lipinski definition) is 1. The van der Waals surface area contributed by atoms with Gasteiger partial charge in [-0.25, -0.2) is 4.79 Å². The maximum Gasteiger partial charge on any atom is 0.410 e. The summed E-state index contributed by atoms with van der Waals surface area (Å²) in [6.07, 6.45) is 2.68. The normalized spacial score (nSPS) is 16.8. The Morgan fingerprint density at radius 2 is 2.54 bits per heavy atom. The summed E-state index contributed by atoms with van der Waals surface area (Å²) in [5.74, 6) is 0. The van der Waals surface area contributed by atoms with Crippen molar-refractivity contribution in [1.82, 2.24) is 4.90 Å². The predicted octanol–water partition coefficient (Wildman–Crippen LogP) is 0.767. The van der Waals surface area contributed by atoms with Crippen LogP contribution in [0.25, 0.3) is 0 Å². The van der Waals surface area contributed by atoms with Crippen molar-refractivity contribution in [3.63, 3.8) is 0 Å². The van der Waals surface area contributed by atoms with Gasteiger partial charge in [-0.15, -0.1) is 0 Å². The Morgan fingerprint density at radius 1 is 1.77 bits per heavy atom. The zero-order valence-electron chi connectivity index (χ0n) is 7.82. The van der Waals surface area contributed by atoms with Gasteiger partial charge in [0.25, 0.3) is 0 Å². The maximum absolute atomic E-state index is 11.3. The van der Waals surface area contributed by atoms with E-state index in [0.717, 1.165) is 6.42 Å². The average molecular weight is 185 g/mol. The van der Waals surface area contributed by atoms with Crippen molar-refractivity contribution in [2.75, 3.05) is 26.3 Å². The Labute approximate surface area is 77.8 Å². The molecule has 0 atom stereocenters. The summed E-state index contributed by atoms with van der Waals surface area (Å²) in [5.41, 5.74) is 1.19. The van der Waals surface area contributed by atoms with E-state index in [1.54, 1.807) is 4.90 Å². The van der Waals surface area contributed by atoms with Crippen molar-refractivity contribution in [3.05, 3.63) is 11.6 Å². The first-order valence-electron chi connectivity index (χ1n) is 4.42. The van der Waals surface area contributed by atoms with E-state index in [4.69, 9.17) is 9.84 Å². The summed E-state index contributed by atoms with van der Waals surface area (Å²) in [4.78, 5) is 12.9. The summed E-state index contributed by atoms with van der Waals surface area (Å²) < 4.78 is 4.79. The first-order chi connectivity index (χ1) is 6.24. The molecule has 0 saturated carbocycles. The van der Waals surface area contributed by atoms with Crippen LogP contribution in [-0.2, 0) is 4.74 Å². The molecule has 13 heavy (non-hydrogen) atoms. The molecule has 0 aromatic heterocycles. The molecule has 0 saturated heterocycles. The van der Waals surface area contributed by atoms with Gasteiger partial charge in [0, 0.05) is 13.1 Å². The lowest BCUT2D eigenvalue weighted by Gasteiger charge is -2.25. The van der Waals surface area contributed by atoms with Gasteiger partial charge in [-0.2, -0.15) is 0 Å². The van der Waals surface area contributed by atoms with E-state index in [-0.39, 0.29) is 19.3 Å². The number of hydrogen-bond acceptors (Lipinski definition) is 3. The third-order valence-electron chi connectivity index (χ3n) is 1.91. The van der Waals surface area contributed by atoms with Crippen LogP contribution >= 0.6 is 0 Å². The van der Waals surface area contributed by atoms with Crippen LogP contribution in [0.15, 0.2) is 11.6 Å². The average Bonchev–Trinajstić information content (AvgIpc) is 2.14. The van der Waals surface area contributed by atoms with Crippen molar-refractivity contribution in [3.8, 4) is 0 Å². The van der Waals surface area contributed by atoms with Gasteiger partial charge in [-0.3, -0.25) is 0 Å². The lowest BCUT2D eigenvalue weighted by molar-refractivity contribution is 0.0859. The fourth-order valence-electron chi connectivity index (χ4n) is 1.29. The summed E-state index contributed by atoms with van der Waals surface area (Å²) in [7, 11) is 0. The first-order valence-corrected chi connectivity index (χ1v) is 4.42. The van der Waals surface area contributed by atoms with Gasteiger partial charge >= 0.3 is 6.09 Å². The molecule has 0 aromatic carbocycles. The smallest absolute Gasteiger partial charge is 0.410 e. The molecule has 1 aliphatic heterocycles. The number of rotatable bonds is 2. The zero-order valence-corrected chi connectivity index (χ0v) is 7.82. The van der Waals surface area contributed by atoms with Crippen molar-refractivity contribution in [2.24, 2.45) is 0 Å². The minimum Gasteiger partial charge on any atom is -0.447 e. The van der Waals surface area contributed by atoms with Crippen LogP contribution in [-0.4, -0.2) is 42.4 Å². The molecule has 1 aliphatic rings. The number of nitrogens with zero attached hydrogens (tertiary/aromatic N) is 1. The summed E-state index contributed by atoms with van der Waals surface area (Å²) in [5, 5.41) is 8.46. The molecule has 4 heteroatoms. The van der Waals surface area contributed by atoms with Gasteiger partial charge in [-0.05, 0) is 13.3 Å². The van der Waals surface area contributed by atoms with Crippen molar-refractivity contribution in [2.45, 2.75) is 13.3 Å². The Hall–Kier alpha value is -1.03. The second-order valence-electron chi connectivity index (χ2n) is 3.10. The molecule has 1 rings (SSSR count). The highest BCUT2D eigenvalue weighted by Gasteiger charge is 2.16. The van der Waals surface area contributed by atoms with E-state index in [1.807, 2.05) is 6.92 Å². The second kappa shape index (κ2) is 4.87. The largest absolute Gasteiger partial charge is 0.447 e. The van der Waals surface area contributed by atoms with E-state index in [0.29, 0.717) is 13.1 Å². The number of aliphatic hydroxyl groups is 1. The van der Waals surface area contributed by atoms with Crippen LogP contribution in [0.3, 0.4) is 0 Å². The molecule has 0 aliphatic carbocycles. The first kappa shape index (κ1) is 10.1. The lowest BCUT2D eigenvalue weighted by atomic mass is 10.1. The fourth-order valence-corrected chi connectivity index (χ4v) is 1.29. The van der Waals surface area contributed by atoms with Crippen LogP contribution in [0.5, 0.6) is 0 Å². The maximum atomic E-state index is 11.3. The third kappa shape index (κ3) is 3.06. The number of carbonyl (C=O) groups is 1. The Morgan fingerprint density at radius 3 is 3.15 bits per heavy atom. The van der Waals surface area contributed by atoms with Crippen LogP contribution in [0, 0.1) is 0 Å². The number of aliphatic hydroxyl groups excluding tert-OH is 1. The topological polar surface area (TPSA) is 49.8 Å². The molecule has 0 aromatic rings. The fraction of sp³-hybridized carbons (Fsp3) is 0.667. The van der Waals surface area contributed by atoms with E-state index in [2.05, 4.69) is 6.08 Å². The molecule has 0 bridgehead atoms. The Balaban J connectivity index is 2.35. The highest BCUT2D eigenvalue weighted by Crippen LogP contribution is 2.09. The molecule has 74 valence electrons. The van der Waals surface area contributed by atoms with Gasteiger partial charge in [0.1, 0.15) is 6.61 Å². The molecule has 0 fully saturated rings. The Kier molecular flexibility index (Phi) is 3.76. The van der Waals surface area contributed by atoms with Gasteiger partial charge in [0.2, 0.25) is 0 Å². The molecule has 1 heterocycles. The minimum absolute atomic E-state index is 0.0814. The van der Waals surface area contributed by atoms with Gasteiger partial charge in [0.15, 0.2) is 0 Å². The summed E-state index contributed by atoms with van der Waals surface area (Å²) >= 11 is 0. The van der Waals surface area contributed by atoms with Crippen LogP contribution < -0.4 is 0 Å². The summed E-state index contributed by atoms with van der Waals surface area (Å²) in [6, 6.07) is 0. The van der Waals surface area contributed by atoms with Gasteiger partial charge < -0.3 is 14.7 Å². The lowest BCUT2D eigenvalue weighted by Crippen LogP contribution is -2.36. The van der Waals surface area contributed by atoms with Crippen molar-refractivity contribution < 1.29 is 14.6 Å². The standard InChI is InChI=1S/C9H15NO3/c1-8-3-2-4-10(7-8)9(12)13-6-5-11/h3,11H,2,4-7H2,1H3. The number of carbonyl (C=O) groups excluding carboxylic acids is 1. The van der Waals surface area contributed by atoms with Crippen molar-refractivity contribution in [1.29, 1.82) is 0 Å².